The molecule has 0 heterocycles. The SMILES string of the molecule is C#Cc1cccc(CC(OC)C(=O)O)c1. The van der Waals surface area contributed by atoms with Crippen LogP contribution in [0.3, 0.4) is 0 Å². The Bertz CT molecular complexity index is 390. The van der Waals surface area contributed by atoms with Crippen molar-refractivity contribution < 1.29 is 14.6 Å². The first-order valence-corrected chi connectivity index (χ1v) is 4.48. The van der Waals surface area contributed by atoms with Crippen molar-refractivity contribution in [3.63, 3.8) is 0 Å². The van der Waals surface area contributed by atoms with Gasteiger partial charge < -0.3 is 9.84 Å². The number of ether oxygens (including phenoxy) is 1. The summed E-state index contributed by atoms with van der Waals surface area (Å²) in [6, 6.07) is 7.22. The Morgan fingerprint density at radius 1 is 1.67 bits per heavy atom. The van der Waals surface area contributed by atoms with E-state index < -0.39 is 12.1 Å². The van der Waals surface area contributed by atoms with Gasteiger partial charge in [0.05, 0.1) is 0 Å². The molecule has 0 radical (unpaired) electrons. The first-order chi connectivity index (χ1) is 7.17. The lowest BCUT2D eigenvalue weighted by Crippen LogP contribution is -2.24. The van der Waals surface area contributed by atoms with Crippen LogP contribution in [0.5, 0.6) is 0 Å². The van der Waals surface area contributed by atoms with E-state index in [1.165, 1.54) is 7.11 Å². The van der Waals surface area contributed by atoms with Crippen LogP contribution in [0.4, 0.5) is 0 Å². The van der Waals surface area contributed by atoms with E-state index in [4.69, 9.17) is 16.3 Å². The summed E-state index contributed by atoms with van der Waals surface area (Å²) in [7, 11) is 1.38. The molecule has 1 aromatic carbocycles. The van der Waals surface area contributed by atoms with Crippen molar-refractivity contribution in [1.82, 2.24) is 0 Å². The van der Waals surface area contributed by atoms with Crippen LogP contribution in [0.1, 0.15) is 11.1 Å². The largest absolute Gasteiger partial charge is 0.479 e. The zero-order valence-electron chi connectivity index (χ0n) is 8.43. The third-order valence-corrected chi connectivity index (χ3v) is 2.07. The Morgan fingerprint density at radius 3 is 2.93 bits per heavy atom. The van der Waals surface area contributed by atoms with Gasteiger partial charge in [0.15, 0.2) is 6.10 Å². The van der Waals surface area contributed by atoms with Gasteiger partial charge in [0.2, 0.25) is 0 Å². The third kappa shape index (κ3) is 3.12. The van der Waals surface area contributed by atoms with Crippen LogP contribution in [-0.2, 0) is 16.0 Å². The third-order valence-electron chi connectivity index (χ3n) is 2.07. The second kappa shape index (κ2) is 5.18. The van der Waals surface area contributed by atoms with Crippen LogP contribution < -0.4 is 0 Å². The molecule has 0 aliphatic rings. The maximum Gasteiger partial charge on any atom is 0.333 e. The molecule has 78 valence electrons. The van der Waals surface area contributed by atoms with Gasteiger partial charge in [-0.05, 0) is 17.7 Å². The highest BCUT2D eigenvalue weighted by molar-refractivity contribution is 5.72. The molecule has 0 bridgehead atoms. The molecule has 0 saturated carbocycles. The van der Waals surface area contributed by atoms with Gasteiger partial charge in [0.1, 0.15) is 0 Å². The molecule has 1 atom stereocenters. The van der Waals surface area contributed by atoms with Gasteiger partial charge in [-0.2, -0.15) is 0 Å². The van der Waals surface area contributed by atoms with Crippen molar-refractivity contribution in [2.24, 2.45) is 0 Å². The van der Waals surface area contributed by atoms with Gasteiger partial charge >= 0.3 is 5.97 Å². The van der Waals surface area contributed by atoms with E-state index in [2.05, 4.69) is 5.92 Å². The zero-order valence-corrected chi connectivity index (χ0v) is 8.43. The van der Waals surface area contributed by atoms with E-state index in [9.17, 15) is 4.79 Å². The number of carboxylic acid groups (broad SMARTS) is 1. The van der Waals surface area contributed by atoms with E-state index >= 15 is 0 Å². The predicted molar refractivity (Wildman–Crippen MR) is 56.5 cm³/mol. The fourth-order valence-electron chi connectivity index (χ4n) is 1.27. The highest BCUT2D eigenvalue weighted by atomic mass is 16.5. The van der Waals surface area contributed by atoms with E-state index in [1.807, 2.05) is 6.07 Å². The topological polar surface area (TPSA) is 46.5 Å². The van der Waals surface area contributed by atoms with Crippen LogP contribution in [0.2, 0.25) is 0 Å². The summed E-state index contributed by atoms with van der Waals surface area (Å²) in [5.74, 6) is 1.53. The normalized spacial score (nSPS) is 11.7. The molecule has 1 unspecified atom stereocenters. The summed E-state index contributed by atoms with van der Waals surface area (Å²) in [5, 5.41) is 8.80. The Labute approximate surface area is 88.7 Å². The van der Waals surface area contributed by atoms with Crippen LogP contribution in [0.25, 0.3) is 0 Å². The smallest absolute Gasteiger partial charge is 0.333 e. The fraction of sp³-hybridized carbons (Fsp3) is 0.250. The molecule has 0 saturated heterocycles. The number of carboxylic acids is 1. The standard InChI is InChI=1S/C12H12O3/c1-3-9-5-4-6-10(7-9)8-11(15-2)12(13)14/h1,4-7,11H,8H2,2H3,(H,13,14). The number of aliphatic carboxylic acids is 1. The first kappa shape index (κ1) is 11.3. The minimum atomic E-state index is -0.969. The molecular formula is C12H12O3. The van der Waals surface area contributed by atoms with E-state index in [-0.39, 0.29) is 0 Å². The molecule has 15 heavy (non-hydrogen) atoms. The maximum absolute atomic E-state index is 10.7. The van der Waals surface area contributed by atoms with Gasteiger partial charge in [-0.1, -0.05) is 18.1 Å². The van der Waals surface area contributed by atoms with Gasteiger partial charge in [-0.15, -0.1) is 6.42 Å². The Kier molecular flexibility index (Phi) is 3.90. The minimum absolute atomic E-state index is 0.321. The van der Waals surface area contributed by atoms with Crippen molar-refractivity contribution in [2.45, 2.75) is 12.5 Å². The van der Waals surface area contributed by atoms with Crippen molar-refractivity contribution >= 4 is 5.97 Å². The molecule has 3 nitrogen and oxygen atoms in total. The van der Waals surface area contributed by atoms with Crippen molar-refractivity contribution in [1.29, 1.82) is 0 Å². The summed E-state index contributed by atoms with van der Waals surface area (Å²) in [6.45, 7) is 0. The summed E-state index contributed by atoms with van der Waals surface area (Å²) < 4.78 is 4.84. The van der Waals surface area contributed by atoms with E-state index in [1.54, 1.807) is 18.2 Å². The molecule has 1 N–H and O–H groups in total. The molecule has 1 rings (SSSR count). The molecule has 3 heteroatoms. The van der Waals surface area contributed by atoms with Crippen LogP contribution in [-0.4, -0.2) is 24.3 Å². The number of benzene rings is 1. The first-order valence-electron chi connectivity index (χ1n) is 4.48. The highest BCUT2D eigenvalue weighted by Gasteiger charge is 2.16. The summed E-state index contributed by atoms with van der Waals surface area (Å²) >= 11 is 0. The summed E-state index contributed by atoms with van der Waals surface area (Å²) in [6.07, 6.45) is 4.74. The number of hydrogen-bond acceptors (Lipinski definition) is 2. The van der Waals surface area contributed by atoms with Crippen molar-refractivity contribution in [2.75, 3.05) is 7.11 Å². The Balaban J connectivity index is 2.80. The number of carbonyl (C=O) groups is 1. The number of hydrogen-bond donors (Lipinski definition) is 1. The van der Waals surface area contributed by atoms with Crippen LogP contribution in [0, 0.1) is 12.3 Å². The van der Waals surface area contributed by atoms with Crippen LogP contribution >= 0.6 is 0 Å². The molecule has 0 aliphatic carbocycles. The quantitative estimate of drug-likeness (QED) is 0.752. The fourth-order valence-corrected chi connectivity index (χ4v) is 1.27. The van der Waals surface area contributed by atoms with Crippen molar-refractivity contribution in [3.8, 4) is 12.3 Å². The number of rotatable bonds is 4. The van der Waals surface area contributed by atoms with E-state index in [0.29, 0.717) is 6.42 Å². The van der Waals surface area contributed by atoms with E-state index in [0.717, 1.165) is 11.1 Å². The monoisotopic (exact) mass is 204 g/mol. The lowest BCUT2D eigenvalue weighted by atomic mass is 10.1. The molecular weight excluding hydrogens is 192 g/mol. The number of methoxy groups -OCH3 is 1. The highest BCUT2D eigenvalue weighted by Crippen LogP contribution is 2.08. The second-order valence-corrected chi connectivity index (χ2v) is 3.11. The van der Waals surface area contributed by atoms with Gasteiger partial charge in [0.25, 0.3) is 0 Å². The van der Waals surface area contributed by atoms with Gasteiger partial charge in [-0.25, -0.2) is 4.79 Å². The maximum atomic E-state index is 10.7. The Morgan fingerprint density at radius 2 is 2.40 bits per heavy atom. The zero-order chi connectivity index (χ0) is 11.3. The average molecular weight is 204 g/mol. The molecule has 0 spiro atoms. The van der Waals surface area contributed by atoms with Gasteiger partial charge in [0, 0.05) is 19.1 Å². The predicted octanol–water partition coefficient (Wildman–Crippen LogP) is 1.31. The summed E-state index contributed by atoms with van der Waals surface area (Å²) in [4.78, 5) is 10.7. The molecule has 0 aromatic heterocycles. The Hall–Kier alpha value is -1.79. The molecule has 0 fully saturated rings. The number of terminal acetylenes is 1. The summed E-state index contributed by atoms with van der Waals surface area (Å²) in [5.41, 5.74) is 1.60. The molecule has 0 aliphatic heterocycles. The lowest BCUT2D eigenvalue weighted by Gasteiger charge is -2.10. The lowest BCUT2D eigenvalue weighted by molar-refractivity contribution is -0.148. The minimum Gasteiger partial charge on any atom is -0.479 e. The molecule has 1 aromatic rings. The van der Waals surface area contributed by atoms with Crippen molar-refractivity contribution in [3.05, 3.63) is 35.4 Å². The average Bonchev–Trinajstić information content (AvgIpc) is 2.25. The molecule has 0 amide bonds. The second-order valence-electron chi connectivity index (χ2n) is 3.11. The van der Waals surface area contributed by atoms with Crippen LogP contribution in [0.15, 0.2) is 24.3 Å². The van der Waals surface area contributed by atoms with Gasteiger partial charge in [-0.3, -0.25) is 0 Å².